The van der Waals surface area contributed by atoms with Gasteiger partial charge in [0.15, 0.2) is 5.78 Å². The van der Waals surface area contributed by atoms with Gasteiger partial charge in [0, 0.05) is 5.56 Å². The van der Waals surface area contributed by atoms with E-state index in [2.05, 4.69) is 11.9 Å². The van der Waals surface area contributed by atoms with E-state index in [4.69, 9.17) is 4.74 Å². The lowest BCUT2D eigenvalue weighted by Gasteiger charge is -2.07. The van der Waals surface area contributed by atoms with Crippen LogP contribution in [0.1, 0.15) is 16.8 Å². The van der Waals surface area contributed by atoms with Crippen LogP contribution in [0.5, 0.6) is 5.75 Å². The molecular formula is C12H11NO3. The predicted molar refractivity (Wildman–Crippen MR) is 59.7 cm³/mol. The molecule has 1 aliphatic heterocycles. The summed E-state index contributed by atoms with van der Waals surface area (Å²) in [5, 5.41) is 2.69. The number of hydrogen-bond donors (Lipinski definition) is 1. The molecule has 16 heavy (non-hydrogen) atoms. The highest BCUT2D eigenvalue weighted by Gasteiger charge is 2.15. The number of carbonyl (C=O) groups is 2. The van der Waals surface area contributed by atoms with Crippen molar-refractivity contribution in [1.29, 1.82) is 0 Å². The molecule has 0 spiro atoms. The van der Waals surface area contributed by atoms with Crippen LogP contribution in [-0.2, 0) is 4.79 Å². The molecule has 0 saturated carbocycles. The van der Waals surface area contributed by atoms with Crippen molar-refractivity contribution < 1.29 is 14.3 Å². The number of ether oxygens (including phenoxy) is 1. The Morgan fingerprint density at radius 1 is 1.50 bits per heavy atom. The largest absolute Gasteiger partial charge is 0.491 e. The Kier molecular flexibility index (Phi) is 2.72. The van der Waals surface area contributed by atoms with Crippen LogP contribution >= 0.6 is 0 Å². The van der Waals surface area contributed by atoms with Crippen molar-refractivity contribution >= 4 is 17.4 Å². The number of allylic oxidation sites excluding steroid dienone is 1. The standard InChI is InChI=1S/C12H11NO3/c1-2-10(14)8-3-4-11-9(7-8)13-12(15)5-6-16-11/h2-4,7H,1,5-6H2,(H,13,15). The number of rotatable bonds is 2. The molecule has 0 aliphatic carbocycles. The first kappa shape index (κ1) is 10.4. The van der Waals surface area contributed by atoms with Crippen LogP contribution in [0.4, 0.5) is 5.69 Å². The van der Waals surface area contributed by atoms with E-state index in [0.29, 0.717) is 30.0 Å². The maximum atomic E-state index is 11.4. The van der Waals surface area contributed by atoms with Crippen LogP contribution in [0, 0.1) is 0 Å². The van der Waals surface area contributed by atoms with Crippen molar-refractivity contribution in [3.05, 3.63) is 36.4 Å². The van der Waals surface area contributed by atoms with Gasteiger partial charge < -0.3 is 10.1 Å². The molecule has 1 aromatic rings. The summed E-state index contributed by atoms with van der Waals surface area (Å²) in [6.45, 7) is 3.77. The molecule has 4 heteroatoms. The zero-order valence-electron chi connectivity index (χ0n) is 8.66. The zero-order valence-corrected chi connectivity index (χ0v) is 8.66. The SMILES string of the molecule is C=CC(=O)c1ccc2c(c1)NC(=O)CCO2. The van der Waals surface area contributed by atoms with Crippen LogP contribution < -0.4 is 10.1 Å². The molecule has 1 N–H and O–H groups in total. The smallest absolute Gasteiger partial charge is 0.227 e. The third-order valence-electron chi connectivity index (χ3n) is 2.31. The fourth-order valence-corrected chi connectivity index (χ4v) is 1.49. The Bertz CT molecular complexity index is 465. The Morgan fingerprint density at radius 2 is 2.31 bits per heavy atom. The van der Waals surface area contributed by atoms with Gasteiger partial charge in [0.05, 0.1) is 18.7 Å². The van der Waals surface area contributed by atoms with Crippen molar-refractivity contribution in [2.45, 2.75) is 6.42 Å². The second-order valence-corrected chi connectivity index (χ2v) is 3.43. The van der Waals surface area contributed by atoms with Gasteiger partial charge in [-0.1, -0.05) is 6.58 Å². The van der Waals surface area contributed by atoms with Crippen LogP contribution in [0.2, 0.25) is 0 Å². The molecule has 0 aromatic heterocycles. The first-order valence-electron chi connectivity index (χ1n) is 4.94. The highest BCUT2D eigenvalue weighted by molar-refractivity contribution is 6.05. The molecule has 0 bridgehead atoms. The lowest BCUT2D eigenvalue weighted by molar-refractivity contribution is -0.116. The Labute approximate surface area is 92.9 Å². The van der Waals surface area contributed by atoms with Crippen LogP contribution in [-0.4, -0.2) is 18.3 Å². The number of anilines is 1. The van der Waals surface area contributed by atoms with E-state index in [1.165, 1.54) is 6.08 Å². The van der Waals surface area contributed by atoms with E-state index < -0.39 is 0 Å². The topological polar surface area (TPSA) is 55.4 Å². The van der Waals surface area contributed by atoms with Crippen LogP contribution in [0.3, 0.4) is 0 Å². The molecule has 0 radical (unpaired) electrons. The van der Waals surface area contributed by atoms with Gasteiger partial charge in [-0.2, -0.15) is 0 Å². The second-order valence-electron chi connectivity index (χ2n) is 3.43. The second kappa shape index (κ2) is 4.18. The maximum absolute atomic E-state index is 11.4. The summed E-state index contributed by atoms with van der Waals surface area (Å²) >= 11 is 0. The molecule has 1 aromatic carbocycles. The fraction of sp³-hybridized carbons (Fsp3) is 0.167. The van der Waals surface area contributed by atoms with E-state index in [0.717, 1.165) is 0 Å². The molecule has 1 aliphatic rings. The number of ketones is 1. The lowest BCUT2D eigenvalue weighted by Crippen LogP contribution is -2.10. The van der Waals surface area contributed by atoms with Gasteiger partial charge in [-0.25, -0.2) is 0 Å². The third kappa shape index (κ3) is 1.95. The minimum Gasteiger partial charge on any atom is -0.491 e. The molecule has 2 rings (SSSR count). The van der Waals surface area contributed by atoms with Crippen molar-refractivity contribution in [3.8, 4) is 5.75 Å². The molecule has 1 heterocycles. The molecule has 82 valence electrons. The van der Waals surface area contributed by atoms with Crippen LogP contribution in [0.15, 0.2) is 30.9 Å². The number of hydrogen-bond acceptors (Lipinski definition) is 3. The number of carbonyl (C=O) groups excluding carboxylic acids is 2. The van der Waals surface area contributed by atoms with Gasteiger partial charge in [-0.05, 0) is 24.3 Å². The average Bonchev–Trinajstić information content (AvgIpc) is 2.47. The third-order valence-corrected chi connectivity index (χ3v) is 2.31. The highest BCUT2D eigenvalue weighted by atomic mass is 16.5. The van der Waals surface area contributed by atoms with Gasteiger partial charge in [0.2, 0.25) is 5.91 Å². The number of benzene rings is 1. The number of nitrogens with one attached hydrogen (secondary N) is 1. The fourth-order valence-electron chi connectivity index (χ4n) is 1.49. The minimum atomic E-state index is -0.179. The first-order chi connectivity index (χ1) is 7.70. The summed E-state index contributed by atoms with van der Waals surface area (Å²) < 4.78 is 5.37. The Hall–Kier alpha value is -2.10. The predicted octanol–water partition coefficient (Wildman–Crippen LogP) is 1.78. The number of amides is 1. The van der Waals surface area contributed by atoms with Gasteiger partial charge in [0.1, 0.15) is 5.75 Å². The average molecular weight is 217 g/mol. The van der Waals surface area contributed by atoms with E-state index in [1.807, 2.05) is 0 Å². The van der Waals surface area contributed by atoms with E-state index in [9.17, 15) is 9.59 Å². The van der Waals surface area contributed by atoms with Crippen molar-refractivity contribution in [2.75, 3.05) is 11.9 Å². The normalized spacial score (nSPS) is 14.1. The molecule has 0 fully saturated rings. The Morgan fingerprint density at radius 3 is 3.06 bits per heavy atom. The van der Waals surface area contributed by atoms with Crippen molar-refractivity contribution in [2.24, 2.45) is 0 Å². The summed E-state index contributed by atoms with van der Waals surface area (Å²) in [5.74, 6) is 0.301. The lowest BCUT2D eigenvalue weighted by atomic mass is 10.1. The summed E-state index contributed by atoms with van der Waals surface area (Å²) in [7, 11) is 0. The maximum Gasteiger partial charge on any atom is 0.227 e. The molecule has 1 amide bonds. The summed E-state index contributed by atoms with van der Waals surface area (Å²) in [4.78, 5) is 22.7. The van der Waals surface area contributed by atoms with E-state index >= 15 is 0 Å². The summed E-state index contributed by atoms with van der Waals surface area (Å²) in [5.41, 5.74) is 1.02. The van der Waals surface area contributed by atoms with Crippen LogP contribution in [0.25, 0.3) is 0 Å². The van der Waals surface area contributed by atoms with Crippen molar-refractivity contribution in [3.63, 3.8) is 0 Å². The zero-order chi connectivity index (χ0) is 11.5. The monoisotopic (exact) mass is 217 g/mol. The first-order valence-corrected chi connectivity index (χ1v) is 4.94. The molecule has 0 saturated heterocycles. The van der Waals surface area contributed by atoms with E-state index in [-0.39, 0.29) is 11.7 Å². The molecular weight excluding hydrogens is 206 g/mol. The van der Waals surface area contributed by atoms with Gasteiger partial charge in [-0.15, -0.1) is 0 Å². The van der Waals surface area contributed by atoms with Gasteiger partial charge in [0.25, 0.3) is 0 Å². The van der Waals surface area contributed by atoms with Gasteiger partial charge >= 0.3 is 0 Å². The summed E-state index contributed by atoms with van der Waals surface area (Å²) in [6.07, 6.45) is 1.56. The van der Waals surface area contributed by atoms with Crippen molar-refractivity contribution in [1.82, 2.24) is 0 Å². The van der Waals surface area contributed by atoms with E-state index in [1.54, 1.807) is 18.2 Å². The molecule has 0 unspecified atom stereocenters. The summed E-state index contributed by atoms with van der Waals surface area (Å²) in [6, 6.07) is 4.93. The molecule has 0 atom stereocenters. The Balaban J connectivity index is 2.40. The molecule has 4 nitrogen and oxygen atoms in total. The highest BCUT2D eigenvalue weighted by Crippen LogP contribution is 2.28. The quantitative estimate of drug-likeness (QED) is 0.606. The minimum absolute atomic E-state index is 0.109. The van der Waals surface area contributed by atoms with Gasteiger partial charge in [-0.3, -0.25) is 9.59 Å². The number of fused-ring (bicyclic) bond motifs is 1.